The second-order valence-corrected chi connectivity index (χ2v) is 4.99. The molecule has 1 aromatic rings. The highest BCUT2D eigenvalue weighted by molar-refractivity contribution is 7.99. The van der Waals surface area contributed by atoms with Gasteiger partial charge in [0, 0.05) is 4.90 Å². The van der Waals surface area contributed by atoms with Crippen LogP contribution in [0.5, 0.6) is 0 Å². The summed E-state index contributed by atoms with van der Waals surface area (Å²) in [5.74, 6) is -1.79. The number of aliphatic imine (C=N–C) groups is 1. The Morgan fingerprint density at radius 1 is 1.42 bits per heavy atom. The molecular weight excluding hydrogens is 304 g/mol. The number of amidine groups is 1. The van der Waals surface area contributed by atoms with Gasteiger partial charge < -0.3 is 5.73 Å². The molecule has 0 amide bonds. The SMILES string of the molecule is Cc1cc(F)c(/N=C(\N)CCl)cc1SCC(F)(F)F. The van der Waals surface area contributed by atoms with Crippen LogP contribution in [0, 0.1) is 12.7 Å². The Hall–Kier alpha value is -0.950. The van der Waals surface area contributed by atoms with Crippen molar-refractivity contribution >= 4 is 34.9 Å². The van der Waals surface area contributed by atoms with Crippen molar-refractivity contribution in [3.05, 3.63) is 23.5 Å². The van der Waals surface area contributed by atoms with Crippen LogP contribution in [-0.4, -0.2) is 23.6 Å². The van der Waals surface area contributed by atoms with Crippen LogP contribution < -0.4 is 5.73 Å². The summed E-state index contributed by atoms with van der Waals surface area (Å²) in [4.78, 5) is 4.02. The molecule has 2 N–H and O–H groups in total. The molecule has 0 radical (unpaired) electrons. The number of alkyl halides is 4. The molecule has 0 saturated carbocycles. The Morgan fingerprint density at radius 3 is 2.58 bits per heavy atom. The first-order valence-corrected chi connectivity index (χ1v) is 6.63. The summed E-state index contributed by atoms with van der Waals surface area (Å²) in [7, 11) is 0. The van der Waals surface area contributed by atoms with Crippen molar-refractivity contribution < 1.29 is 17.6 Å². The summed E-state index contributed by atoms with van der Waals surface area (Å²) in [6, 6.07) is 2.36. The van der Waals surface area contributed by atoms with Crippen LogP contribution in [0.25, 0.3) is 0 Å². The minimum absolute atomic E-state index is 0.00353. The number of benzene rings is 1. The van der Waals surface area contributed by atoms with Gasteiger partial charge in [-0.25, -0.2) is 9.38 Å². The standard InChI is InChI=1S/C11H11ClF4N2S/c1-6-2-7(13)8(18-10(17)4-12)3-9(6)19-5-11(14,15)16/h2-3H,4-5H2,1H3,(H2,17,18). The number of nitrogens with two attached hydrogens (primary N) is 1. The number of hydrogen-bond donors (Lipinski definition) is 1. The van der Waals surface area contributed by atoms with E-state index in [0.717, 1.165) is 6.07 Å². The van der Waals surface area contributed by atoms with Crippen molar-refractivity contribution in [1.29, 1.82) is 0 Å². The fourth-order valence-corrected chi connectivity index (χ4v) is 2.09. The van der Waals surface area contributed by atoms with E-state index in [2.05, 4.69) is 4.99 Å². The van der Waals surface area contributed by atoms with E-state index in [-0.39, 0.29) is 17.4 Å². The number of nitrogens with zero attached hydrogens (tertiary/aromatic N) is 1. The van der Waals surface area contributed by atoms with Crippen molar-refractivity contribution in [1.82, 2.24) is 0 Å². The summed E-state index contributed by atoms with van der Waals surface area (Å²) in [6.07, 6.45) is -4.29. The molecule has 0 heterocycles. The molecule has 106 valence electrons. The molecule has 19 heavy (non-hydrogen) atoms. The topological polar surface area (TPSA) is 38.4 Å². The van der Waals surface area contributed by atoms with E-state index in [0.29, 0.717) is 22.2 Å². The molecule has 0 aliphatic heterocycles. The lowest BCUT2D eigenvalue weighted by Crippen LogP contribution is -2.12. The van der Waals surface area contributed by atoms with Crippen LogP contribution in [0.1, 0.15) is 5.56 Å². The van der Waals surface area contributed by atoms with Gasteiger partial charge in [0.1, 0.15) is 17.3 Å². The monoisotopic (exact) mass is 314 g/mol. The van der Waals surface area contributed by atoms with Crippen molar-refractivity contribution in [3.8, 4) is 0 Å². The van der Waals surface area contributed by atoms with Gasteiger partial charge in [-0.15, -0.1) is 23.4 Å². The van der Waals surface area contributed by atoms with Gasteiger partial charge in [-0.2, -0.15) is 13.2 Å². The zero-order chi connectivity index (χ0) is 14.6. The Labute approximate surface area is 117 Å². The van der Waals surface area contributed by atoms with E-state index < -0.39 is 17.7 Å². The zero-order valence-corrected chi connectivity index (χ0v) is 11.5. The maximum atomic E-state index is 13.6. The molecule has 2 nitrogen and oxygen atoms in total. The summed E-state index contributed by atoms with van der Waals surface area (Å²) in [6.45, 7) is 1.53. The highest BCUT2D eigenvalue weighted by Crippen LogP contribution is 2.33. The molecule has 0 aliphatic rings. The predicted octanol–water partition coefficient (Wildman–Crippen LogP) is 4.02. The second-order valence-electron chi connectivity index (χ2n) is 3.71. The molecule has 0 unspecified atom stereocenters. The molecule has 8 heteroatoms. The van der Waals surface area contributed by atoms with Gasteiger partial charge in [-0.05, 0) is 24.6 Å². The first-order chi connectivity index (χ1) is 8.73. The molecule has 0 spiro atoms. The number of rotatable bonds is 4. The highest BCUT2D eigenvalue weighted by atomic mass is 35.5. The largest absolute Gasteiger partial charge is 0.398 e. The van der Waals surface area contributed by atoms with Gasteiger partial charge >= 0.3 is 6.18 Å². The van der Waals surface area contributed by atoms with E-state index >= 15 is 0 Å². The third-order valence-corrected chi connectivity index (χ3v) is 3.53. The van der Waals surface area contributed by atoms with Crippen LogP contribution in [0.15, 0.2) is 22.0 Å². The first kappa shape index (κ1) is 16.1. The molecular formula is C11H11ClF4N2S. The summed E-state index contributed by atoms with van der Waals surface area (Å²) < 4.78 is 50.0. The molecule has 1 rings (SSSR count). The van der Waals surface area contributed by atoms with E-state index in [1.807, 2.05) is 0 Å². The Morgan fingerprint density at radius 2 is 2.05 bits per heavy atom. The minimum atomic E-state index is -4.29. The number of aryl methyl sites for hydroxylation is 1. The average molecular weight is 315 g/mol. The molecule has 0 fully saturated rings. The third-order valence-electron chi connectivity index (χ3n) is 2.04. The maximum Gasteiger partial charge on any atom is 0.398 e. The van der Waals surface area contributed by atoms with Gasteiger partial charge in [0.05, 0.1) is 11.6 Å². The third kappa shape index (κ3) is 5.28. The Bertz CT molecular complexity index is 488. The Balaban J connectivity index is 3.03. The highest BCUT2D eigenvalue weighted by Gasteiger charge is 2.27. The molecule has 0 bridgehead atoms. The van der Waals surface area contributed by atoms with Crippen LogP contribution in [0.3, 0.4) is 0 Å². The second kappa shape index (κ2) is 6.47. The van der Waals surface area contributed by atoms with Crippen molar-refractivity contribution in [2.45, 2.75) is 18.0 Å². The van der Waals surface area contributed by atoms with E-state index in [4.69, 9.17) is 17.3 Å². The lowest BCUT2D eigenvalue weighted by Gasteiger charge is -2.10. The van der Waals surface area contributed by atoms with Crippen molar-refractivity contribution in [2.24, 2.45) is 10.7 Å². The lowest BCUT2D eigenvalue weighted by molar-refractivity contribution is -0.105. The van der Waals surface area contributed by atoms with Crippen molar-refractivity contribution in [2.75, 3.05) is 11.6 Å². The number of halogens is 5. The van der Waals surface area contributed by atoms with Gasteiger partial charge in [0.25, 0.3) is 0 Å². The lowest BCUT2D eigenvalue weighted by atomic mass is 10.2. The van der Waals surface area contributed by atoms with Crippen LogP contribution in [0.4, 0.5) is 23.2 Å². The first-order valence-electron chi connectivity index (χ1n) is 5.11. The summed E-state index contributed by atoms with van der Waals surface area (Å²) in [5.41, 5.74) is 5.66. The normalized spacial score (nSPS) is 12.8. The molecule has 0 aliphatic carbocycles. The predicted molar refractivity (Wildman–Crippen MR) is 69.9 cm³/mol. The fourth-order valence-electron chi connectivity index (χ4n) is 1.23. The number of hydrogen-bond acceptors (Lipinski definition) is 2. The molecule has 0 saturated heterocycles. The van der Waals surface area contributed by atoms with Crippen molar-refractivity contribution in [3.63, 3.8) is 0 Å². The molecule has 1 aromatic carbocycles. The minimum Gasteiger partial charge on any atom is -0.386 e. The van der Waals surface area contributed by atoms with Gasteiger partial charge in [0.2, 0.25) is 0 Å². The maximum absolute atomic E-state index is 13.6. The summed E-state index contributed by atoms with van der Waals surface area (Å²) >= 11 is 5.99. The van der Waals surface area contributed by atoms with Crippen LogP contribution >= 0.6 is 23.4 Å². The van der Waals surface area contributed by atoms with E-state index in [1.165, 1.54) is 13.0 Å². The smallest absolute Gasteiger partial charge is 0.386 e. The van der Waals surface area contributed by atoms with E-state index in [1.54, 1.807) is 0 Å². The molecule has 0 aromatic heterocycles. The zero-order valence-electron chi connectivity index (χ0n) is 9.89. The van der Waals surface area contributed by atoms with Crippen LogP contribution in [0.2, 0.25) is 0 Å². The average Bonchev–Trinajstić information content (AvgIpc) is 2.29. The van der Waals surface area contributed by atoms with E-state index in [9.17, 15) is 17.6 Å². The Kier molecular flexibility index (Phi) is 5.49. The van der Waals surface area contributed by atoms with Gasteiger partial charge in [-0.3, -0.25) is 0 Å². The van der Waals surface area contributed by atoms with Gasteiger partial charge in [-0.1, -0.05) is 0 Å². The fraction of sp³-hybridized carbons (Fsp3) is 0.364. The van der Waals surface area contributed by atoms with Crippen LogP contribution in [-0.2, 0) is 0 Å². The van der Waals surface area contributed by atoms with Gasteiger partial charge in [0.15, 0.2) is 0 Å². The number of thioether (sulfide) groups is 1. The molecule has 0 atom stereocenters. The quantitative estimate of drug-likeness (QED) is 0.300. The summed E-state index contributed by atoms with van der Waals surface area (Å²) in [5, 5.41) is 0.